The second kappa shape index (κ2) is 7.83. The number of pyridine rings is 1. The third-order valence-electron chi connectivity index (χ3n) is 4.88. The molecule has 5 rings (SSSR count). The number of halogens is 1. The second-order valence-corrected chi connectivity index (χ2v) is 6.91. The number of nitrogens with zero attached hydrogens (tertiary/aromatic N) is 5. The van der Waals surface area contributed by atoms with Crippen LogP contribution in [0.2, 0.25) is 0 Å². The van der Waals surface area contributed by atoms with Gasteiger partial charge in [0.05, 0.1) is 11.0 Å². The summed E-state index contributed by atoms with van der Waals surface area (Å²) in [6, 6.07) is 19.4. The number of fused-ring (bicyclic) bond motifs is 1. The van der Waals surface area contributed by atoms with Crippen molar-refractivity contribution in [2.24, 2.45) is 0 Å². The molecule has 1 N–H and O–H groups in total. The molecular formula is C23H17FN6O. The van der Waals surface area contributed by atoms with Crippen molar-refractivity contribution >= 4 is 16.9 Å². The Morgan fingerprint density at radius 3 is 2.65 bits per heavy atom. The second-order valence-electron chi connectivity index (χ2n) is 6.91. The molecule has 8 heteroatoms. The zero-order valence-corrected chi connectivity index (χ0v) is 16.3. The fourth-order valence-electron chi connectivity index (χ4n) is 3.30. The molecule has 0 bridgehead atoms. The molecule has 0 aliphatic carbocycles. The van der Waals surface area contributed by atoms with Crippen LogP contribution in [0.3, 0.4) is 0 Å². The third kappa shape index (κ3) is 3.66. The molecule has 2 aromatic carbocycles. The van der Waals surface area contributed by atoms with Gasteiger partial charge >= 0.3 is 0 Å². The molecule has 0 saturated heterocycles. The van der Waals surface area contributed by atoms with Crippen LogP contribution in [0.5, 0.6) is 0 Å². The van der Waals surface area contributed by atoms with Gasteiger partial charge in [0.25, 0.3) is 5.91 Å². The number of nitrogens with one attached hydrogen (secondary N) is 1. The molecule has 3 aromatic heterocycles. The summed E-state index contributed by atoms with van der Waals surface area (Å²) in [6.07, 6.45) is 5.00. The van der Waals surface area contributed by atoms with Gasteiger partial charge in [-0.1, -0.05) is 30.3 Å². The molecule has 31 heavy (non-hydrogen) atoms. The van der Waals surface area contributed by atoms with E-state index in [1.807, 2.05) is 41.0 Å². The molecular weight excluding hydrogens is 395 g/mol. The van der Waals surface area contributed by atoms with Crippen LogP contribution in [0.25, 0.3) is 22.5 Å². The predicted molar refractivity (Wildman–Crippen MR) is 114 cm³/mol. The van der Waals surface area contributed by atoms with Gasteiger partial charge in [-0.3, -0.25) is 9.36 Å². The highest BCUT2D eigenvalue weighted by Gasteiger charge is 2.12. The van der Waals surface area contributed by atoms with E-state index in [0.29, 0.717) is 6.54 Å². The van der Waals surface area contributed by atoms with E-state index in [1.54, 1.807) is 43.0 Å². The highest BCUT2D eigenvalue weighted by Crippen LogP contribution is 2.16. The maximum atomic E-state index is 13.9. The van der Waals surface area contributed by atoms with Gasteiger partial charge in [0.15, 0.2) is 5.69 Å². The van der Waals surface area contributed by atoms with Crippen molar-refractivity contribution in [1.29, 1.82) is 0 Å². The monoisotopic (exact) mass is 412 g/mol. The number of imidazole rings is 1. The van der Waals surface area contributed by atoms with Gasteiger partial charge < -0.3 is 5.32 Å². The van der Waals surface area contributed by atoms with Crippen molar-refractivity contribution < 1.29 is 9.18 Å². The van der Waals surface area contributed by atoms with Gasteiger partial charge in [-0.25, -0.2) is 19.0 Å². The molecule has 5 aromatic rings. The Bertz CT molecular complexity index is 1370. The van der Waals surface area contributed by atoms with Crippen molar-refractivity contribution in [3.05, 3.63) is 103 Å². The highest BCUT2D eigenvalue weighted by molar-refractivity contribution is 5.92. The lowest BCUT2D eigenvalue weighted by atomic mass is 10.2. The molecule has 0 spiro atoms. The van der Waals surface area contributed by atoms with Crippen LogP contribution in [0.4, 0.5) is 4.39 Å². The van der Waals surface area contributed by atoms with Crippen LogP contribution in [0, 0.1) is 5.82 Å². The predicted octanol–water partition coefficient (Wildman–Crippen LogP) is 3.68. The van der Waals surface area contributed by atoms with E-state index in [0.717, 1.165) is 22.4 Å². The molecule has 1 amide bonds. The van der Waals surface area contributed by atoms with E-state index in [-0.39, 0.29) is 17.3 Å². The minimum absolute atomic E-state index is 0.206. The van der Waals surface area contributed by atoms with Crippen LogP contribution in [0.1, 0.15) is 16.1 Å². The van der Waals surface area contributed by atoms with Crippen molar-refractivity contribution in [2.75, 3.05) is 0 Å². The Balaban J connectivity index is 1.26. The van der Waals surface area contributed by atoms with Crippen LogP contribution in [-0.4, -0.2) is 30.2 Å². The lowest BCUT2D eigenvalue weighted by Crippen LogP contribution is -2.23. The standard InChI is InChI=1S/C23H17FN6O/c24-17-5-1-3-7-20(17)30-12-11-19(28-30)23(31)26-14-16-9-10-22(25-13-16)29-15-27-18-6-2-4-8-21(18)29/h1-13,15H,14H2,(H,26,31). The first-order valence-corrected chi connectivity index (χ1v) is 9.65. The number of rotatable bonds is 5. The van der Waals surface area contributed by atoms with E-state index in [1.165, 1.54) is 10.7 Å². The zero-order chi connectivity index (χ0) is 21.2. The maximum absolute atomic E-state index is 13.9. The number of carbonyl (C=O) groups is 1. The van der Waals surface area contributed by atoms with Gasteiger partial charge in [0.1, 0.15) is 23.6 Å². The number of para-hydroxylation sites is 3. The van der Waals surface area contributed by atoms with Gasteiger partial charge in [0, 0.05) is 18.9 Å². The van der Waals surface area contributed by atoms with Gasteiger partial charge in [-0.15, -0.1) is 0 Å². The first-order chi connectivity index (χ1) is 15.2. The number of hydrogen-bond acceptors (Lipinski definition) is 4. The normalized spacial score (nSPS) is 11.0. The van der Waals surface area contributed by atoms with E-state index in [9.17, 15) is 9.18 Å². The lowest BCUT2D eigenvalue weighted by Gasteiger charge is -2.06. The molecule has 0 fully saturated rings. The number of hydrogen-bond donors (Lipinski definition) is 1. The van der Waals surface area contributed by atoms with E-state index >= 15 is 0 Å². The van der Waals surface area contributed by atoms with Gasteiger partial charge in [-0.2, -0.15) is 5.10 Å². The first-order valence-electron chi connectivity index (χ1n) is 9.65. The summed E-state index contributed by atoms with van der Waals surface area (Å²) in [6.45, 7) is 0.295. The molecule has 0 saturated carbocycles. The number of amides is 1. The third-order valence-corrected chi connectivity index (χ3v) is 4.88. The summed E-state index contributed by atoms with van der Waals surface area (Å²) in [5.41, 5.74) is 3.21. The Labute approximate surface area is 176 Å². The van der Waals surface area contributed by atoms with Crippen LogP contribution < -0.4 is 5.32 Å². The minimum Gasteiger partial charge on any atom is -0.347 e. The largest absolute Gasteiger partial charge is 0.347 e. The van der Waals surface area contributed by atoms with Crippen molar-refractivity contribution in [3.8, 4) is 11.5 Å². The lowest BCUT2D eigenvalue weighted by molar-refractivity contribution is 0.0945. The molecule has 0 aliphatic rings. The topological polar surface area (TPSA) is 77.6 Å². The highest BCUT2D eigenvalue weighted by atomic mass is 19.1. The van der Waals surface area contributed by atoms with Crippen molar-refractivity contribution in [2.45, 2.75) is 6.54 Å². The summed E-state index contributed by atoms with van der Waals surface area (Å²) in [5, 5.41) is 6.98. The van der Waals surface area contributed by atoms with E-state index in [2.05, 4.69) is 20.4 Å². The van der Waals surface area contributed by atoms with Crippen molar-refractivity contribution in [3.63, 3.8) is 0 Å². The molecule has 152 valence electrons. The summed E-state index contributed by atoms with van der Waals surface area (Å²) in [5.74, 6) is -0.0124. The first kappa shape index (κ1) is 18.7. The molecule has 0 aliphatic heterocycles. The molecule has 0 radical (unpaired) electrons. The van der Waals surface area contributed by atoms with E-state index < -0.39 is 5.82 Å². The summed E-state index contributed by atoms with van der Waals surface area (Å²) in [4.78, 5) is 21.3. The number of aromatic nitrogens is 5. The van der Waals surface area contributed by atoms with E-state index in [4.69, 9.17) is 0 Å². The Morgan fingerprint density at radius 1 is 0.968 bits per heavy atom. The smallest absolute Gasteiger partial charge is 0.272 e. The minimum atomic E-state index is -0.408. The summed E-state index contributed by atoms with van der Waals surface area (Å²) >= 11 is 0. The summed E-state index contributed by atoms with van der Waals surface area (Å²) in [7, 11) is 0. The van der Waals surface area contributed by atoms with Gasteiger partial charge in [-0.05, 0) is 42.0 Å². The molecule has 7 nitrogen and oxygen atoms in total. The fraction of sp³-hybridized carbons (Fsp3) is 0.0435. The maximum Gasteiger partial charge on any atom is 0.272 e. The Kier molecular flexibility index (Phi) is 4.72. The molecule has 3 heterocycles. The van der Waals surface area contributed by atoms with Crippen LogP contribution in [-0.2, 0) is 6.54 Å². The van der Waals surface area contributed by atoms with Crippen LogP contribution in [0.15, 0.2) is 85.5 Å². The average Bonchev–Trinajstić information content (AvgIpc) is 3.46. The van der Waals surface area contributed by atoms with Crippen molar-refractivity contribution in [1.82, 2.24) is 29.6 Å². The summed E-state index contributed by atoms with van der Waals surface area (Å²) < 4.78 is 17.2. The number of carbonyl (C=O) groups excluding carboxylic acids is 1. The van der Waals surface area contributed by atoms with Gasteiger partial charge in [0.2, 0.25) is 0 Å². The number of benzene rings is 2. The Hall–Kier alpha value is -4.33. The fourth-order valence-corrected chi connectivity index (χ4v) is 3.30. The quantitative estimate of drug-likeness (QED) is 0.478. The zero-order valence-electron chi connectivity index (χ0n) is 16.3. The molecule has 0 unspecified atom stereocenters. The Morgan fingerprint density at radius 2 is 1.81 bits per heavy atom. The average molecular weight is 412 g/mol. The SMILES string of the molecule is O=C(NCc1ccc(-n2cnc3ccccc32)nc1)c1ccn(-c2ccccc2F)n1. The molecule has 0 atom stereocenters. The van der Waals surface area contributed by atoms with Crippen LogP contribution >= 0.6 is 0 Å².